The Bertz CT molecular complexity index is 423. The van der Waals surface area contributed by atoms with Crippen LogP contribution in [-0.4, -0.2) is 60.1 Å². The second-order valence-corrected chi connectivity index (χ2v) is 7.70. The van der Waals surface area contributed by atoms with Crippen LogP contribution in [-0.2, 0) is 0 Å². The summed E-state index contributed by atoms with van der Waals surface area (Å²) in [5.41, 5.74) is -0.255. The maximum absolute atomic E-state index is 9.90. The van der Waals surface area contributed by atoms with Crippen molar-refractivity contribution in [2.45, 2.75) is 62.6 Å². The highest BCUT2D eigenvalue weighted by molar-refractivity contribution is 5.18. The van der Waals surface area contributed by atoms with Gasteiger partial charge < -0.3 is 0 Å². The molecule has 4 aliphatic rings. The lowest BCUT2D eigenvalue weighted by Crippen LogP contribution is -2.56. The number of nitrogens with one attached hydrogen (secondary N) is 1. The molecule has 0 aromatic rings. The summed E-state index contributed by atoms with van der Waals surface area (Å²) >= 11 is 0. The fourth-order valence-electron chi connectivity index (χ4n) is 4.40. The maximum Gasteiger partial charge on any atom is 0.122 e. The highest BCUT2D eigenvalue weighted by Crippen LogP contribution is 2.42. The molecule has 4 heteroatoms. The summed E-state index contributed by atoms with van der Waals surface area (Å²) in [5, 5.41) is 13.6. The molecule has 2 saturated heterocycles. The molecule has 4 nitrogen and oxygen atoms in total. The first-order valence-electron chi connectivity index (χ1n) is 8.94. The third-order valence-electron chi connectivity index (χ3n) is 5.87. The van der Waals surface area contributed by atoms with Crippen molar-refractivity contribution in [2.24, 2.45) is 5.92 Å². The fraction of sp³-hybridized carbons (Fsp3) is 0.941. The molecule has 4 rings (SSSR count). The van der Waals surface area contributed by atoms with Crippen LogP contribution in [0, 0.1) is 17.2 Å². The van der Waals surface area contributed by atoms with Gasteiger partial charge in [-0.3, -0.25) is 15.1 Å². The minimum absolute atomic E-state index is 0.255. The molecule has 2 unspecified atom stereocenters. The van der Waals surface area contributed by atoms with Crippen LogP contribution in [0.2, 0.25) is 0 Å². The molecule has 0 aromatic carbocycles. The van der Waals surface area contributed by atoms with E-state index in [-0.39, 0.29) is 5.54 Å². The van der Waals surface area contributed by atoms with Crippen LogP contribution < -0.4 is 5.32 Å². The summed E-state index contributed by atoms with van der Waals surface area (Å²) in [6.45, 7) is 5.87. The number of hydrogen-bond acceptors (Lipinski definition) is 4. The van der Waals surface area contributed by atoms with Crippen LogP contribution >= 0.6 is 0 Å². The summed E-state index contributed by atoms with van der Waals surface area (Å²) in [6.07, 6.45) is 9.03. The molecular formula is C17H28N4. The molecule has 2 saturated carbocycles. The highest BCUT2D eigenvalue weighted by Gasteiger charge is 2.49. The Morgan fingerprint density at radius 2 is 1.86 bits per heavy atom. The average molecular weight is 288 g/mol. The predicted molar refractivity (Wildman–Crippen MR) is 82.9 cm³/mol. The lowest BCUT2D eigenvalue weighted by Gasteiger charge is -2.35. The van der Waals surface area contributed by atoms with Gasteiger partial charge >= 0.3 is 0 Å². The van der Waals surface area contributed by atoms with Gasteiger partial charge in [-0.25, -0.2) is 0 Å². The van der Waals surface area contributed by atoms with Gasteiger partial charge in [-0.1, -0.05) is 0 Å². The molecular weight excluding hydrogens is 260 g/mol. The summed E-state index contributed by atoms with van der Waals surface area (Å²) in [4.78, 5) is 5.28. The third kappa shape index (κ3) is 2.97. The smallest absolute Gasteiger partial charge is 0.122 e. The topological polar surface area (TPSA) is 42.3 Å². The molecule has 116 valence electrons. The van der Waals surface area contributed by atoms with E-state index < -0.39 is 0 Å². The molecule has 4 fully saturated rings. The number of fused-ring (bicyclic) bond motifs is 1. The predicted octanol–water partition coefficient (Wildman–Crippen LogP) is 1.58. The largest absolute Gasteiger partial charge is 0.299 e. The van der Waals surface area contributed by atoms with E-state index in [0.717, 1.165) is 12.6 Å². The Morgan fingerprint density at radius 3 is 2.57 bits per heavy atom. The SMILES string of the molecule is N#CC(CN1CCCN2CCCC2C1)(NC1CC1)C1CC1. The molecule has 1 N–H and O–H groups in total. The Hall–Kier alpha value is -0.630. The van der Waals surface area contributed by atoms with E-state index in [4.69, 9.17) is 0 Å². The first kappa shape index (κ1) is 14.0. The zero-order valence-corrected chi connectivity index (χ0v) is 13.1. The van der Waals surface area contributed by atoms with Crippen molar-refractivity contribution in [1.29, 1.82) is 5.26 Å². The first-order valence-corrected chi connectivity index (χ1v) is 8.94. The second kappa shape index (κ2) is 5.53. The molecule has 0 radical (unpaired) electrons. The standard InChI is InChI=1S/C17H28N4/c18-12-17(14-4-5-14,19-15-6-7-15)13-20-8-2-10-21-9-1-3-16(21)11-20/h14-16,19H,1-11,13H2. The van der Waals surface area contributed by atoms with Crippen molar-refractivity contribution < 1.29 is 0 Å². The minimum Gasteiger partial charge on any atom is -0.299 e. The summed E-state index contributed by atoms with van der Waals surface area (Å²) < 4.78 is 0. The van der Waals surface area contributed by atoms with E-state index in [1.54, 1.807) is 0 Å². The van der Waals surface area contributed by atoms with Crippen LogP contribution in [0.15, 0.2) is 0 Å². The third-order valence-corrected chi connectivity index (χ3v) is 5.87. The van der Waals surface area contributed by atoms with E-state index in [0.29, 0.717) is 12.0 Å². The van der Waals surface area contributed by atoms with Gasteiger partial charge in [-0.05, 0) is 70.5 Å². The highest BCUT2D eigenvalue weighted by atomic mass is 15.3. The molecule has 0 spiro atoms. The van der Waals surface area contributed by atoms with Crippen LogP contribution in [0.1, 0.15) is 44.9 Å². The summed E-state index contributed by atoms with van der Waals surface area (Å²) in [5.74, 6) is 0.603. The lowest BCUT2D eigenvalue weighted by molar-refractivity contribution is 0.175. The summed E-state index contributed by atoms with van der Waals surface area (Å²) in [7, 11) is 0. The number of hydrogen-bond donors (Lipinski definition) is 1. The zero-order chi connectivity index (χ0) is 14.3. The van der Waals surface area contributed by atoms with Gasteiger partial charge in [0.15, 0.2) is 0 Å². The molecule has 2 aliphatic carbocycles. The van der Waals surface area contributed by atoms with Gasteiger partial charge in [0.05, 0.1) is 6.07 Å². The molecule has 0 amide bonds. The normalized spacial score (nSPS) is 34.0. The maximum atomic E-state index is 9.90. The zero-order valence-electron chi connectivity index (χ0n) is 13.1. The Balaban J connectivity index is 1.45. The van der Waals surface area contributed by atoms with Crippen molar-refractivity contribution in [3.05, 3.63) is 0 Å². The Labute approximate surface area is 128 Å². The number of nitriles is 1. The summed E-state index contributed by atoms with van der Waals surface area (Å²) in [6, 6.07) is 4.09. The Morgan fingerprint density at radius 1 is 1.05 bits per heavy atom. The Kier molecular flexibility index (Phi) is 3.69. The molecule has 0 aromatic heterocycles. The first-order chi connectivity index (χ1) is 10.3. The second-order valence-electron chi connectivity index (χ2n) is 7.70. The van der Waals surface area contributed by atoms with Crippen molar-refractivity contribution >= 4 is 0 Å². The van der Waals surface area contributed by atoms with Gasteiger partial charge in [-0.15, -0.1) is 0 Å². The van der Waals surface area contributed by atoms with Crippen molar-refractivity contribution in [2.75, 3.05) is 32.7 Å². The van der Waals surface area contributed by atoms with E-state index in [1.807, 2.05) is 0 Å². The van der Waals surface area contributed by atoms with Crippen molar-refractivity contribution in [3.63, 3.8) is 0 Å². The minimum atomic E-state index is -0.255. The van der Waals surface area contributed by atoms with E-state index in [1.165, 1.54) is 71.1 Å². The molecule has 2 atom stereocenters. The van der Waals surface area contributed by atoms with Gasteiger partial charge in [0.25, 0.3) is 0 Å². The van der Waals surface area contributed by atoms with E-state index >= 15 is 0 Å². The van der Waals surface area contributed by atoms with Crippen LogP contribution in [0.3, 0.4) is 0 Å². The number of rotatable bonds is 5. The van der Waals surface area contributed by atoms with Crippen LogP contribution in [0.5, 0.6) is 0 Å². The van der Waals surface area contributed by atoms with Crippen LogP contribution in [0.25, 0.3) is 0 Å². The molecule has 2 heterocycles. The van der Waals surface area contributed by atoms with E-state index in [9.17, 15) is 5.26 Å². The van der Waals surface area contributed by atoms with Gasteiger partial charge in [-0.2, -0.15) is 5.26 Å². The van der Waals surface area contributed by atoms with Crippen LogP contribution in [0.4, 0.5) is 0 Å². The van der Waals surface area contributed by atoms with Crippen molar-refractivity contribution in [3.8, 4) is 6.07 Å². The number of nitrogens with zero attached hydrogens (tertiary/aromatic N) is 3. The quantitative estimate of drug-likeness (QED) is 0.834. The molecule has 21 heavy (non-hydrogen) atoms. The fourth-order valence-corrected chi connectivity index (χ4v) is 4.40. The lowest BCUT2D eigenvalue weighted by atomic mass is 9.93. The van der Waals surface area contributed by atoms with Crippen molar-refractivity contribution in [1.82, 2.24) is 15.1 Å². The monoisotopic (exact) mass is 288 g/mol. The van der Waals surface area contributed by atoms with E-state index in [2.05, 4.69) is 21.2 Å². The van der Waals surface area contributed by atoms with Gasteiger partial charge in [0, 0.05) is 25.2 Å². The van der Waals surface area contributed by atoms with Gasteiger partial charge in [0.1, 0.15) is 5.54 Å². The molecule has 2 aliphatic heterocycles. The van der Waals surface area contributed by atoms with Gasteiger partial charge in [0.2, 0.25) is 0 Å². The molecule has 0 bridgehead atoms. The average Bonchev–Trinajstić information content (AvgIpc) is 3.37.